The topological polar surface area (TPSA) is 35.5 Å². The maximum absolute atomic E-state index is 12.1. The van der Waals surface area contributed by atoms with Crippen LogP contribution in [-0.4, -0.2) is 23.6 Å². The highest BCUT2D eigenvalue weighted by Crippen LogP contribution is 2.37. The second kappa shape index (κ2) is 7.85. The van der Waals surface area contributed by atoms with Gasteiger partial charge in [0.15, 0.2) is 0 Å². The molecule has 0 heterocycles. The van der Waals surface area contributed by atoms with E-state index in [-0.39, 0.29) is 12.1 Å². The van der Waals surface area contributed by atoms with Gasteiger partial charge in [-0.2, -0.15) is 0 Å². The molecule has 0 aliphatic rings. The van der Waals surface area contributed by atoms with Crippen molar-refractivity contribution in [3.05, 3.63) is 35.9 Å². The molecule has 106 valence electrons. The van der Waals surface area contributed by atoms with Crippen LogP contribution in [0.15, 0.2) is 30.3 Å². The molecule has 1 atom stereocenters. The first-order valence-corrected chi connectivity index (χ1v) is 7.96. The largest absolute Gasteiger partial charge is 0.465 e. The van der Waals surface area contributed by atoms with Crippen molar-refractivity contribution >= 4 is 28.6 Å². The molecule has 0 aromatic heterocycles. The quantitative estimate of drug-likeness (QED) is 0.413. The minimum Gasteiger partial charge on any atom is -0.465 e. The maximum Gasteiger partial charge on any atom is 0.314 e. The van der Waals surface area contributed by atoms with Gasteiger partial charge in [-0.3, -0.25) is 4.79 Å². The predicted molar refractivity (Wildman–Crippen MR) is 84.4 cm³/mol. The Bertz CT molecular complexity index is 390. The lowest BCUT2D eigenvalue weighted by Gasteiger charge is -2.32. The van der Waals surface area contributed by atoms with Crippen LogP contribution >= 0.6 is 22.6 Å². The molecule has 0 saturated heterocycles. The average Bonchev–Trinajstić information content (AvgIpc) is 2.40. The zero-order valence-corrected chi connectivity index (χ0v) is 13.8. The molecule has 1 rings (SSSR count). The molecule has 0 fully saturated rings. The Hall–Kier alpha value is -0.620. The summed E-state index contributed by atoms with van der Waals surface area (Å²) in [5.74, 6) is -0.225. The molecule has 4 heteroatoms. The van der Waals surface area contributed by atoms with E-state index >= 15 is 0 Å². The third-order valence-corrected chi connectivity index (χ3v) is 3.36. The number of rotatable bonds is 7. The first kappa shape index (κ1) is 16.4. The predicted octanol–water partition coefficient (Wildman–Crippen LogP) is 3.77. The van der Waals surface area contributed by atoms with Gasteiger partial charge in [0.1, 0.15) is 0 Å². The van der Waals surface area contributed by atoms with E-state index in [0.717, 1.165) is 9.99 Å². The van der Waals surface area contributed by atoms with Crippen molar-refractivity contribution in [2.24, 2.45) is 5.41 Å². The standard InChI is InChI=1S/C15H21IO3/c1-4-18-14(17)15(2,3)13(19-11-10-16)12-8-6-5-7-9-12/h5-9,13H,4,10-11H2,1-3H3/t13-/m0/s1. The van der Waals surface area contributed by atoms with Gasteiger partial charge in [-0.25, -0.2) is 0 Å². The van der Waals surface area contributed by atoms with Gasteiger partial charge in [-0.1, -0.05) is 52.9 Å². The normalized spacial score (nSPS) is 13.1. The molecule has 0 saturated carbocycles. The number of esters is 1. The second-order valence-corrected chi connectivity index (χ2v) is 5.87. The fourth-order valence-electron chi connectivity index (χ4n) is 1.94. The Kier molecular flexibility index (Phi) is 6.79. The van der Waals surface area contributed by atoms with Gasteiger partial charge in [0.2, 0.25) is 0 Å². The highest BCUT2D eigenvalue weighted by Gasteiger charge is 2.40. The minimum atomic E-state index is -0.705. The van der Waals surface area contributed by atoms with Crippen LogP contribution in [0.1, 0.15) is 32.4 Å². The van der Waals surface area contributed by atoms with E-state index in [9.17, 15) is 4.79 Å². The highest BCUT2D eigenvalue weighted by molar-refractivity contribution is 14.1. The molecular weight excluding hydrogens is 355 g/mol. The van der Waals surface area contributed by atoms with Crippen LogP contribution in [0, 0.1) is 5.41 Å². The smallest absolute Gasteiger partial charge is 0.314 e. The van der Waals surface area contributed by atoms with E-state index < -0.39 is 5.41 Å². The summed E-state index contributed by atoms with van der Waals surface area (Å²) >= 11 is 2.26. The third-order valence-electron chi connectivity index (χ3n) is 2.92. The first-order chi connectivity index (χ1) is 9.04. The summed E-state index contributed by atoms with van der Waals surface area (Å²) in [6.45, 7) is 6.56. The first-order valence-electron chi connectivity index (χ1n) is 6.43. The monoisotopic (exact) mass is 376 g/mol. The van der Waals surface area contributed by atoms with Gasteiger partial charge in [-0.15, -0.1) is 0 Å². The molecule has 1 aromatic carbocycles. The van der Waals surface area contributed by atoms with Gasteiger partial charge in [-0.05, 0) is 26.3 Å². The fraction of sp³-hybridized carbons (Fsp3) is 0.533. The highest BCUT2D eigenvalue weighted by atomic mass is 127. The maximum atomic E-state index is 12.1. The molecule has 0 radical (unpaired) electrons. The summed E-state index contributed by atoms with van der Waals surface area (Å²) in [5.41, 5.74) is 0.300. The van der Waals surface area contributed by atoms with Crippen LogP contribution in [0.4, 0.5) is 0 Å². The van der Waals surface area contributed by atoms with Crippen LogP contribution in [0.25, 0.3) is 0 Å². The van der Waals surface area contributed by atoms with Crippen molar-refractivity contribution in [3.8, 4) is 0 Å². The SMILES string of the molecule is CCOC(=O)C(C)(C)[C@@H](OCCI)c1ccccc1. The Morgan fingerprint density at radius 1 is 1.32 bits per heavy atom. The van der Waals surface area contributed by atoms with Crippen LogP contribution in [0.3, 0.4) is 0 Å². The van der Waals surface area contributed by atoms with E-state index in [1.807, 2.05) is 51.1 Å². The van der Waals surface area contributed by atoms with Crippen molar-refractivity contribution in [3.63, 3.8) is 0 Å². The lowest BCUT2D eigenvalue weighted by Crippen LogP contribution is -2.35. The zero-order valence-electron chi connectivity index (χ0n) is 11.7. The molecule has 0 spiro atoms. The van der Waals surface area contributed by atoms with Gasteiger partial charge < -0.3 is 9.47 Å². The van der Waals surface area contributed by atoms with Crippen LogP contribution in [0.5, 0.6) is 0 Å². The Morgan fingerprint density at radius 2 is 1.95 bits per heavy atom. The molecular formula is C15H21IO3. The summed E-state index contributed by atoms with van der Waals surface area (Å²) in [5, 5.41) is 0. The number of hydrogen-bond donors (Lipinski definition) is 0. The number of carbonyl (C=O) groups excluding carboxylic acids is 1. The third kappa shape index (κ3) is 4.45. The number of benzene rings is 1. The fourth-order valence-corrected chi connectivity index (χ4v) is 2.19. The van der Waals surface area contributed by atoms with Crippen molar-refractivity contribution in [1.29, 1.82) is 0 Å². The summed E-state index contributed by atoms with van der Waals surface area (Å²) in [6, 6.07) is 9.84. The second-order valence-electron chi connectivity index (χ2n) is 4.79. The molecule has 0 amide bonds. The summed E-state index contributed by atoms with van der Waals surface area (Å²) in [6.07, 6.45) is -0.289. The Labute approximate surface area is 128 Å². The molecule has 1 aromatic rings. The number of hydrogen-bond acceptors (Lipinski definition) is 3. The Morgan fingerprint density at radius 3 is 2.47 bits per heavy atom. The van der Waals surface area contributed by atoms with Crippen LogP contribution in [0.2, 0.25) is 0 Å². The van der Waals surface area contributed by atoms with Crippen molar-refractivity contribution in [2.75, 3.05) is 17.6 Å². The van der Waals surface area contributed by atoms with E-state index in [2.05, 4.69) is 22.6 Å². The van der Waals surface area contributed by atoms with Crippen molar-refractivity contribution in [1.82, 2.24) is 0 Å². The van der Waals surface area contributed by atoms with E-state index in [1.54, 1.807) is 0 Å². The van der Waals surface area contributed by atoms with Crippen molar-refractivity contribution < 1.29 is 14.3 Å². The zero-order chi connectivity index (χ0) is 14.3. The summed E-state index contributed by atoms with van der Waals surface area (Å²) < 4.78 is 12.0. The van der Waals surface area contributed by atoms with E-state index in [4.69, 9.17) is 9.47 Å². The lowest BCUT2D eigenvalue weighted by atomic mass is 9.82. The summed E-state index contributed by atoms with van der Waals surface area (Å²) in [7, 11) is 0. The molecule has 3 nitrogen and oxygen atoms in total. The molecule has 0 N–H and O–H groups in total. The summed E-state index contributed by atoms with van der Waals surface area (Å²) in [4.78, 5) is 12.1. The van der Waals surface area contributed by atoms with Crippen LogP contribution < -0.4 is 0 Å². The van der Waals surface area contributed by atoms with Gasteiger partial charge in [0, 0.05) is 4.43 Å². The number of halogens is 1. The van der Waals surface area contributed by atoms with Crippen molar-refractivity contribution in [2.45, 2.75) is 26.9 Å². The van der Waals surface area contributed by atoms with E-state index in [1.165, 1.54) is 0 Å². The lowest BCUT2D eigenvalue weighted by molar-refractivity contribution is -0.163. The number of ether oxygens (including phenoxy) is 2. The van der Waals surface area contributed by atoms with Gasteiger partial charge >= 0.3 is 5.97 Å². The van der Waals surface area contributed by atoms with Crippen LogP contribution in [-0.2, 0) is 14.3 Å². The molecule has 0 unspecified atom stereocenters. The average molecular weight is 376 g/mol. The number of carbonyl (C=O) groups is 1. The van der Waals surface area contributed by atoms with Gasteiger partial charge in [0.05, 0.1) is 24.7 Å². The van der Waals surface area contributed by atoms with Gasteiger partial charge in [0.25, 0.3) is 0 Å². The molecule has 0 aliphatic heterocycles. The van der Waals surface area contributed by atoms with E-state index in [0.29, 0.717) is 13.2 Å². The Balaban J connectivity index is 2.99. The molecule has 19 heavy (non-hydrogen) atoms. The molecule has 0 aliphatic carbocycles. The molecule has 0 bridgehead atoms. The minimum absolute atomic E-state index is 0.225. The number of alkyl halides is 1.